The fraction of sp³-hybridized carbons (Fsp3) is 0. The Labute approximate surface area is 104 Å². The minimum Gasteiger partial charge on any atom is -0.296 e. The molecule has 18 heavy (non-hydrogen) atoms. The lowest BCUT2D eigenvalue weighted by molar-refractivity contribution is 0.111. The second-order valence-electron chi connectivity index (χ2n) is 3.45. The number of rotatable bonds is 1. The molecule has 0 amide bonds. The lowest BCUT2D eigenvalue weighted by Gasteiger charge is -1.95. The van der Waals surface area contributed by atoms with E-state index >= 15 is 0 Å². The number of nitrogens with zero attached hydrogens (tertiary/aromatic N) is 3. The Morgan fingerprint density at radius 2 is 1.67 bits per heavy atom. The van der Waals surface area contributed by atoms with Crippen molar-refractivity contribution in [1.29, 1.82) is 0 Å². The van der Waals surface area contributed by atoms with Crippen molar-refractivity contribution in [3.63, 3.8) is 0 Å². The topological polar surface area (TPSA) is 55.7 Å². The smallest absolute Gasteiger partial charge is 0.168 e. The number of para-hydroxylation sites is 1. The Hall–Kier alpha value is -2.62. The number of carbonyl (C=O) groups is 1. The molecule has 0 atom stereocenters. The lowest BCUT2D eigenvalue weighted by atomic mass is 10.2. The number of aldehydes is 1. The molecule has 3 rings (SSSR count). The van der Waals surface area contributed by atoms with Gasteiger partial charge in [0.05, 0.1) is 5.52 Å². The van der Waals surface area contributed by atoms with Gasteiger partial charge in [0, 0.05) is 17.8 Å². The summed E-state index contributed by atoms with van der Waals surface area (Å²) >= 11 is 0. The first-order chi connectivity index (χ1) is 8.90. The largest absolute Gasteiger partial charge is 0.296 e. The molecule has 0 saturated carbocycles. The summed E-state index contributed by atoms with van der Waals surface area (Å²) in [5.41, 5.74) is 1.34. The number of benzene rings is 1. The predicted molar refractivity (Wildman–Crippen MR) is 69.2 cm³/mol. The molecule has 2 aromatic heterocycles. The summed E-state index contributed by atoms with van der Waals surface area (Å²) in [4.78, 5) is 21.9. The van der Waals surface area contributed by atoms with Crippen LogP contribution < -0.4 is 0 Å². The molecule has 0 spiro atoms. The van der Waals surface area contributed by atoms with Gasteiger partial charge >= 0.3 is 0 Å². The van der Waals surface area contributed by atoms with E-state index in [-0.39, 0.29) is 0 Å². The molecule has 0 aliphatic heterocycles. The van der Waals surface area contributed by atoms with Crippen molar-refractivity contribution in [3.8, 4) is 0 Å². The van der Waals surface area contributed by atoms with E-state index in [1.807, 2.05) is 30.3 Å². The van der Waals surface area contributed by atoms with E-state index in [9.17, 15) is 4.79 Å². The van der Waals surface area contributed by atoms with Gasteiger partial charge in [0.2, 0.25) is 0 Å². The van der Waals surface area contributed by atoms with Gasteiger partial charge < -0.3 is 0 Å². The van der Waals surface area contributed by atoms with Crippen LogP contribution in [0.3, 0.4) is 0 Å². The van der Waals surface area contributed by atoms with Crippen LogP contribution in [-0.4, -0.2) is 21.2 Å². The van der Waals surface area contributed by atoms with E-state index in [2.05, 4.69) is 15.0 Å². The minimum absolute atomic E-state index is 0.480. The average Bonchev–Trinajstić information content (AvgIpc) is 2.49. The predicted octanol–water partition coefficient (Wildman–Crippen LogP) is 2.52. The van der Waals surface area contributed by atoms with Crippen LogP contribution in [0.5, 0.6) is 0 Å². The van der Waals surface area contributed by atoms with Gasteiger partial charge in [-0.15, -0.1) is 0 Å². The molecule has 4 nitrogen and oxygen atoms in total. The molecule has 0 unspecified atom stereocenters. The van der Waals surface area contributed by atoms with E-state index in [0.717, 1.165) is 17.2 Å². The average molecular weight is 237 g/mol. The summed E-state index contributed by atoms with van der Waals surface area (Å²) in [5, 5.41) is 1.06. The molecule has 4 heteroatoms. The number of aromatic nitrogens is 3. The van der Waals surface area contributed by atoms with Crippen molar-refractivity contribution in [2.45, 2.75) is 0 Å². The molecule has 0 bridgehead atoms. The number of hydrogen-bond acceptors (Lipinski definition) is 4. The van der Waals surface area contributed by atoms with Gasteiger partial charge in [-0.25, -0.2) is 15.0 Å². The lowest BCUT2D eigenvalue weighted by Crippen LogP contribution is -1.85. The van der Waals surface area contributed by atoms with Crippen LogP contribution in [0.1, 0.15) is 10.5 Å². The molecule has 0 fully saturated rings. The number of fused-ring (bicyclic) bond motifs is 1. The Morgan fingerprint density at radius 3 is 2.28 bits per heavy atom. The Morgan fingerprint density at radius 1 is 0.889 bits per heavy atom. The van der Waals surface area contributed by atoms with E-state index < -0.39 is 0 Å². The van der Waals surface area contributed by atoms with Crippen LogP contribution in [-0.2, 0) is 0 Å². The zero-order valence-corrected chi connectivity index (χ0v) is 9.60. The number of pyridine rings is 1. The van der Waals surface area contributed by atoms with E-state index in [4.69, 9.17) is 0 Å². The van der Waals surface area contributed by atoms with Gasteiger partial charge in [0.1, 0.15) is 12.0 Å². The molecule has 2 heterocycles. The van der Waals surface area contributed by atoms with Gasteiger partial charge in [-0.3, -0.25) is 4.79 Å². The number of hydrogen-bond donors (Lipinski definition) is 0. The highest BCUT2D eigenvalue weighted by Gasteiger charge is 1.94. The van der Waals surface area contributed by atoms with Gasteiger partial charge in [-0.2, -0.15) is 0 Å². The molecule has 3 aromatic rings. The summed E-state index contributed by atoms with van der Waals surface area (Å²) in [6, 6.07) is 13.1. The first-order valence-electron chi connectivity index (χ1n) is 5.41. The SMILES string of the molecule is O=Cc1ccc2ccccc2n1.c1cncnc1. The van der Waals surface area contributed by atoms with Crippen molar-refractivity contribution in [2.75, 3.05) is 0 Å². The van der Waals surface area contributed by atoms with Gasteiger partial charge in [-0.1, -0.05) is 24.3 Å². The Kier molecular flexibility index (Phi) is 4.08. The number of carbonyl (C=O) groups excluding carboxylic acids is 1. The van der Waals surface area contributed by atoms with Crippen LogP contribution >= 0.6 is 0 Å². The highest BCUT2D eigenvalue weighted by Crippen LogP contribution is 2.10. The third kappa shape index (κ3) is 3.18. The Bertz CT molecular complexity index is 599. The Balaban J connectivity index is 0.000000169. The first kappa shape index (κ1) is 11.9. The molecule has 0 radical (unpaired) electrons. The summed E-state index contributed by atoms with van der Waals surface area (Å²) in [7, 11) is 0. The molecule has 0 N–H and O–H groups in total. The van der Waals surface area contributed by atoms with Crippen molar-refractivity contribution < 1.29 is 4.79 Å². The van der Waals surface area contributed by atoms with E-state index in [0.29, 0.717) is 5.69 Å². The van der Waals surface area contributed by atoms with E-state index in [1.165, 1.54) is 6.33 Å². The van der Waals surface area contributed by atoms with Crippen LogP contribution in [0.4, 0.5) is 0 Å². The standard InChI is InChI=1S/C10H7NO.C4H4N2/c12-7-9-6-5-8-3-1-2-4-10(8)11-9;1-2-5-4-6-3-1/h1-7H;1-4H. The molecule has 88 valence electrons. The zero-order chi connectivity index (χ0) is 12.6. The second kappa shape index (κ2) is 6.20. The molecule has 0 saturated heterocycles. The zero-order valence-electron chi connectivity index (χ0n) is 9.60. The van der Waals surface area contributed by atoms with Crippen molar-refractivity contribution >= 4 is 17.2 Å². The highest BCUT2D eigenvalue weighted by molar-refractivity contribution is 5.83. The summed E-state index contributed by atoms with van der Waals surface area (Å²) in [5.74, 6) is 0. The molecule has 0 aliphatic rings. The van der Waals surface area contributed by atoms with Crippen LogP contribution in [0.2, 0.25) is 0 Å². The fourth-order valence-electron chi connectivity index (χ4n) is 1.40. The van der Waals surface area contributed by atoms with E-state index in [1.54, 1.807) is 24.5 Å². The normalized spacial score (nSPS) is 9.33. The maximum atomic E-state index is 10.4. The maximum Gasteiger partial charge on any atom is 0.168 e. The second-order valence-corrected chi connectivity index (χ2v) is 3.45. The van der Waals surface area contributed by atoms with Gasteiger partial charge in [-0.05, 0) is 18.2 Å². The third-order valence-corrected chi connectivity index (χ3v) is 2.22. The highest BCUT2D eigenvalue weighted by atomic mass is 16.1. The monoisotopic (exact) mass is 237 g/mol. The van der Waals surface area contributed by atoms with Crippen LogP contribution in [0.15, 0.2) is 61.2 Å². The van der Waals surface area contributed by atoms with Crippen molar-refractivity contribution in [2.24, 2.45) is 0 Å². The van der Waals surface area contributed by atoms with Crippen molar-refractivity contribution in [1.82, 2.24) is 15.0 Å². The summed E-state index contributed by atoms with van der Waals surface area (Å²) in [6.07, 6.45) is 5.63. The third-order valence-electron chi connectivity index (χ3n) is 2.22. The molecule has 0 aliphatic carbocycles. The summed E-state index contributed by atoms with van der Waals surface area (Å²) in [6.45, 7) is 0. The maximum absolute atomic E-state index is 10.4. The minimum atomic E-state index is 0.480. The quantitative estimate of drug-likeness (QED) is 0.610. The van der Waals surface area contributed by atoms with Crippen LogP contribution in [0.25, 0.3) is 10.9 Å². The fourth-order valence-corrected chi connectivity index (χ4v) is 1.40. The van der Waals surface area contributed by atoms with Gasteiger partial charge in [0.25, 0.3) is 0 Å². The molecule has 1 aromatic carbocycles. The first-order valence-corrected chi connectivity index (χ1v) is 5.41. The molecular formula is C14H11N3O. The summed E-state index contributed by atoms with van der Waals surface area (Å²) < 4.78 is 0. The molecular weight excluding hydrogens is 226 g/mol. The van der Waals surface area contributed by atoms with Crippen LogP contribution in [0, 0.1) is 0 Å². The van der Waals surface area contributed by atoms with Gasteiger partial charge in [0.15, 0.2) is 6.29 Å². The van der Waals surface area contributed by atoms with Crippen molar-refractivity contribution in [3.05, 3.63) is 66.9 Å².